The molecular weight excluding hydrogens is 176 g/mol. The smallest absolute Gasteiger partial charge is 0.251 e. The van der Waals surface area contributed by atoms with Gasteiger partial charge in [0.1, 0.15) is 0 Å². The average Bonchev–Trinajstić information content (AvgIpc) is 2.45. The monoisotopic (exact) mass is 187 g/mol. The molecule has 0 saturated heterocycles. The van der Waals surface area contributed by atoms with Gasteiger partial charge < -0.3 is 5.73 Å². The Hall–Kier alpha value is -1.13. The lowest BCUT2D eigenvalue weighted by molar-refractivity contribution is 0.0958. The number of hydrogen-bond donors (Lipinski definition) is 1. The molecule has 0 spiro atoms. The number of aryl methyl sites for hydroxylation is 1. The Labute approximate surface area is 74.5 Å². The molecule has 1 aliphatic carbocycles. The van der Waals surface area contributed by atoms with E-state index in [-0.39, 0.29) is 6.42 Å². The Morgan fingerprint density at radius 3 is 2.85 bits per heavy atom. The van der Waals surface area contributed by atoms with Crippen molar-refractivity contribution >= 4 is 5.69 Å². The largest absolute Gasteiger partial charge is 0.396 e. The number of nitrogen functional groups attached to an aromatic ring is 1. The first-order valence-corrected chi connectivity index (χ1v) is 4.24. The lowest BCUT2D eigenvalue weighted by atomic mass is 10.3. The molecule has 5 heteroatoms. The molecule has 2 rings (SSSR count). The number of nitrogens with zero attached hydrogens (tertiary/aromatic N) is 2. The zero-order valence-electron chi connectivity index (χ0n) is 7.08. The third-order valence-corrected chi connectivity index (χ3v) is 2.32. The Morgan fingerprint density at radius 1 is 1.69 bits per heavy atom. The molecule has 0 aromatic carbocycles. The lowest BCUT2D eigenvalue weighted by Crippen LogP contribution is -2.02. The van der Waals surface area contributed by atoms with E-state index in [1.165, 1.54) is 6.20 Å². The molecule has 1 unspecified atom stereocenters. The van der Waals surface area contributed by atoms with Gasteiger partial charge in [0.2, 0.25) is 0 Å². The highest BCUT2D eigenvalue weighted by molar-refractivity contribution is 5.30. The van der Waals surface area contributed by atoms with E-state index >= 15 is 0 Å². The van der Waals surface area contributed by atoms with E-state index in [9.17, 15) is 8.78 Å². The molecule has 0 amide bonds. The molecule has 72 valence electrons. The maximum Gasteiger partial charge on any atom is 0.251 e. The Balaban J connectivity index is 1.81. The molecule has 1 saturated carbocycles. The van der Waals surface area contributed by atoms with E-state index in [0.29, 0.717) is 18.7 Å². The maximum atomic E-state index is 12.4. The SMILES string of the molecule is Nc1cnn(CCC2CC2(F)F)c1. The highest BCUT2D eigenvalue weighted by Gasteiger charge is 2.55. The quantitative estimate of drug-likeness (QED) is 0.779. The number of anilines is 1. The van der Waals surface area contributed by atoms with Crippen molar-refractivity contribution in [2.24, 2.45) is 5.92 Å². The number of nitrogens with two attached hydrogens (primary N) is 1. The van der Waals surface area contributed by atoms with Crippen molar-refractivity contribution in [1.82, 2.24) is 9.78 Å². The van der Waals surface area contributed by atoms with Gasteiger partial charge in [-0.15, -0.1) is 0 Å². The molecule has 1 heterocycles. The maximum absolute atomic E-state index is 12.4. The third kappa shape index (κ3) is 1.79. The van der Waals surface area contributed by atoms with Gasteiger partial charge in [0.05, 0.1) is 11.9 Å². The van der Waals surface area contributed by atoms with Crippen molar-refractivity contribution in [2.45, 2.75) is 25.3 Å². The van der Waals surface area contributed by atoms with Gasteiger partial charge in [0.15, 0.2) is 0 Å². The number of rotatable bonds is 3. The highest BCUT2D eigenvalue weighted by atomic mass is 19.3. The molecular formula is C8H11F2N3. The van der Waals surface area contributed by atoms with Gasteiger partial charge in [-0.3, -0.25) is 4.68 Å². The van der Waals surface area contributed by atoms with Crippen LogP contribution in [0.4, 0.5) is 14.5 Å². The number of hydrogen-bond acceptors (Lipinski definition) is 2. The van der Waals surface area contributed by atoms with Crippen LogP contribution in [0.3, 0.4) is 0 Å². The highest BCUT2D eigenvalue weighted by Crippen LogP contribution is 2.50. The van der Waals surface area contributed by atoms with Crippen molar-refractivity contribution in [1.29, 1.82) is 0 Å². The standard InChI is InChI=1S/C8H11F2N3/c9-8(10)3-6(8)1-2-13-5-7(11)4-12-13/h4-6H,1-3,11H2. The summed E-state index contributed by atoms with van der Waals surface area (Å²) in [5.74, 6) is -2.86. The minimum Gasteiger partial charge on any atom is -0.396 e. The van der Waals surface area contributed by atoms with Crippen molar-refractivity contribution in [2.75, 3.05) is 5.73 Å². The van der Waals surface area contributed by atoms with Gasteiger partial charge in [-0.05, 0) is 6.42 Å². The van der Waals surface area contributed by atoms with Crippen molar-refractivity contribution in [3.8, 4) is 0 Å². The Morgan fingerprint density at radius 2 is 2.38 bits per heavy atom. The summed E-state index contributed by atoms with van der Waals surface area (Å²) < 4.78 is 26.5. The van der Waals surface area contributed by atoms with Gasteiger partial charge >= 0.3 is 0 Å². The van der Waals surface area contributed by atoms with E-state index in [2.05, 4.69) is 5.10 Å². The molecule has 1 aromatic heterocycles. The molecule has 0 bridgehead atoms. The predicted octanol–water partition coefficient (Wildman–Crippen LogP) is 1.51. The third-order valence-electron chi connectivity index (χ3n) is 2.32. The fourth-order valence-corrected chi connectivity index (χ4v) is 1.37. The first-order valence-electron chi connectivity index (χ1n) is 4.24. The summed E-state index contributed by atoms with van der Waals surface area (Å²) >= 11 is 0. The summed E-state index contributed by atoms with van der Waals surface area (Å²) in [4.78, 5) is 0. The summed E-state index contributed by atoms with van der Waals surface area (Å²) in [7, 11) is 0. The normalized spacial score (nSPS) is 24.6. The average molecular weight is 187 g/mol. The van der Waals surface area contributed by atoms with E-state index < -0.39 is 11.8 Å². The minimum absolute atomic E-state index is 0.0315. The second kappa shape index (κ2) is 2.68. The molecule has 1 aliphatic rings. The van der Waals surface area contributed by atoms with Gasteiger partial charge in [-0.1, -0.05) is 0 Å². The van der Waals surface area contributed by atoms with Gasteiger partial charge in [-0.2, -0.15) is 5.10 Å². The van der Waals surface area contributed by atoms with Crippen LogP contribution in [-0.4, -0.2) is 15.7 Å². The number of aromatic nitrogens is 2. The second-order valence-electron chi connectivity index (χ2n) is 3.49. The van der Waals surface area contributed by atoms with E-state index in [4.69, 9.17) is 5.73 Å². The van der Waals surface area contributed by atoms with Crippen LogP contribution in [0.2, 0.25) is 0 Å². The van der Waals surface area contributed by atoms with Crippen LogP contribution in [0.1, 0.15) is 12.8 Å². The van der Waals surface area contributed by atoms with Crippen molar-refractivity contribution < 1.29 is 8.78 Å². The zero-order valence-corrected chi connectivity index (χ0v) is 7.08. The molecule has 3 nitrogen and oxygen atoms in total. The van der Waals surface area contributed by atoms with E-state index in [0.717, 1.165) is 0 Å². The molecule has 1 aromatic rings. The number of halogens is 2. The lowest BCUT2D eigenvalue weighted by Gasteiger charge is -1.99. The number of alkyl halides is 2. The first-order chi connectivity index (χ1) is 6.08. The van der Waals surface area contributed by atoms with Crippen LogP contribution in [0.5, 0.6) is 0 Å². The summed E-state index contributed by atoms with van der Waals surface area (Å²) in [6, 6.07) is 0. The molecule has 2 N–H and O–H groups in total. The van der Waals surface area contributed by atoms with Crippen molar-refractivity contribution in [3.05, 3.63) is 12.4 Å². The van der Waals surface area contributed by atoms with Crippen LogP contribution in [0.25, 0.3) is 0 Å². The van der Waals surface area contributed by atoms with E-state index in [1.807, 2.05) is 0 Å². The fourth-order valence-electron chi connectivity index (χ4n) is 1.37. The predicted molar refractivity (Wildman–Crippen MR) is 44.3 cm³/mol. The van der Waals surface area contributed by atoms with Gasteiger partial charge in [0.25, 0.3) is 5.92 Å². The zero-order chi connectivity index (χ0) is 9.47. The Bertz CT molecular complexity index is 308. The van der Waals surface area contributed by atoms with Crippen LogP contribution in [-0.2, 0) is 6.54 Å². The summed E-state index contributed by atoms with van der Waals surface area (Å²) in [6.45, 7) is 0.525. The minimum atomic E-state index is -2.42. The summed E-state index contributed by atoms with van der Waals surface area (Å²) in [5, 5.41) is 3.91. The first kappa shape index (κ1) is 8.47. The van der Waals surface area contributed by atoms with Crippen LogP contribution < -0.4 is 5.73 Å². The summed E-state index contributed by atoms with van der Waals surface area (Å²) in [5.41, 5.74) is 5.99. The van der Waals surface area contributed by atoms with Gasteiger partial charge in [0, 0.05) is 25.1 Å². The Kier molecular flexibility index (Phi) is 1.75. The second-order valence-corrected chi connectivity index (χ2v) is 3.49. The molecule has 0 radical (unpaired) electrons. The van der Waals surface area contributed by atoms with Crippen molar-refractivity contribution in [3.63, 3.8) is 0 Å². The molecule has 1 atom stereocenters. The topological polar surface area (TPSA) is 43.8 Å². The molecule has 1 fully saturated rings. The summed E-state index contributed by atoms with van der Waals surface area (Å²) in [6.07, 6.45) is 3.68. The van der Waals surface area contributed by atoms with Gasteiger partial charge in [-0.25, -0.2) is 8.78 Å². The van der Waals surface area contributed by atoms with Crippen LogP contribution >= 0.6 is 0 Å². The fraction of sp³-hybridized carbons (Fsp3) is 0.625. The molecule has 0 aliphatic heterocycles. The van der Waals surface area contributed by atoms with Crippen LogP contribution in [0, 0.1) is 5.92 Å². The van der Waals surface area contributed by atoms with E-state index in [1.54, 1.807) is 10.9 Å². The van der Waals surface area contributed by atoms with Crippen LogP contribution in [0.15, 0.2) is 12.4 Å². The molecule has 13 heavy (non-hydrogen) atoms.